The third-order valence-electron chi connectivity index (χ3n) is 5.01. The van der Waals surface area contributed by atoms with Crippen LogP contribution in [0.1, 0.15) is 22.6 Å². The van der Waals surface area contributed by atoms with Crippen molar-refractivity contribution in [3.8, 4) is 6.07 Å². The first-order chi connectivity index (χ1) is 15.2. The monoisotopic (exact) mass is 467 g/mol. The summed E-state index contributed by atoms with van der Waals surface area (Å²) in [4.78, 5) is 23.4. The summed E-state index contributed by atoms with van der Waals surface area (Å²) in [5.74, 6) is -0.255. The number of rotatable bonds is 6. The van der Waals surface area contributed by atoms with Crippen molar-refractivity contribution in [2.75, 3.05) is 44.8 Å². The number of halogens is 4. The molecular weight excluding hydrogens is 447 g/mol. The van der Waals surface area contributed by atoms with Gasteiger partial charge in [-0.2, -0.15) is 18.4 Å². The minimum Gasteiger partial charge on any atom is -0.375 e. The molecule has 0 saturated carbocycles. The summed E-state index contributed by atoms with van der Waals surface area (Å²) in [6.45, 7) is 1.16. The van der Waals surface area contributed by atoms with E-state index in [2.05, 4.69) is 9.97 Å². The van der Waals surface area contributed by atoms with Gasteiger partial charge in [-0.1, -0.05) is 23.7 Å². The van der Waals surface area contributed by atoms with Crippen LogP contribution in [0.25, 0.3) is 0 Å². The molecule has 1 fully saturated rings. The molecule has 0 bridgehead atoms. The van der Waals surface area contributed by atoms with Gasteiger partial charge in [0.2, 0.25) is 5.91 Å². The van der Waals surface area contributed by atoms with E-state index in [4.69, 9.17) is 21.6 Å². The maximum Gasteiger partial charge on any atom is 0.433 e. The number of hydrogen-bond donors (Lipinski definition) is 0. The number of benzene rings is 1. The first kappa shape index (κ1) is 23.8. The number of hydrogen-bond acceptors (Lipinski definition) is 6. The SMILES string of the molecule is COCC(=O)N1CCN(c2nc(CC#N)nc(C(F)(F)F)c2Cc2cccc(Cl)c2)CC1. The smallest absolute Gasteiger partial charge is 0.375 e. The molecule has 0 unspecified atom stereocenters. The molecule has 0 aliphatic carbocycles. The van der Waals surface area contributed by atoms with Crippen LogP contribution in [0, 0.1) is 11.3 Å². The van der Waals surface area contributed by atoms with Crippen LogP contribution in [0.5, 0.6) is 0 Å². The van der Waals surface area contributed by atoms with E-state index < -0.39 is 11.9 Å². The summed E-state index contributed by atoms with van der Waals surface area (Å²) in [6.07, 6.45) is -5.16. The van der Waals surface area contributed by atoms with Crippen molar-refractivity contribution in [2.24, 2.45) is 0 Å². The van der Waals surface area contributed by atoms with E-state index in [-0.39, 0.29) is 55.7 Å². The minimum atomic E-state index is -4.73. The molecule has 1 aromatic heterocycles. The molecule has 11 heteroatoms. The fourth-order valence-corrected chi connectivity index (χ4v) is 3.77. The molecule has 0 radical (unpaired) electrons. The second kappa shape index (κ2) is 10.1. The number of alkyl halides is 3. The third kappa shape index (κ3) is 5.66. The van der Waals surface area contributed by atoms with Gasteiger partial charge in [0.05, 0.1) is 12.5 Å². The normalized spacial score (nSPS) is 14.4. The molecule has 1 aliphatic rings. The molecule has 1 aromatic carbocycles. The Morgan fingerprint density at radius 1 is 1.25 bits per heavy atom. The van der Waals surface area contributed by atoms with Crippen molar-refractivity contribution < 1.29 is 22.7 Å². The number of amides is 1. The number of anilines is 1. The Labute approximate surface area is 188 Å². The predicted molar refractivity (Wildman–Crippen MR) is 111 cm³/mol. The molecule has 1 amide bonds. The summed E-state index contributed by atoms with van der Waals surface area (Å²) < 4.78 is 46.8. The van der Waals surface area contributed by atoms with E-state index in [1.807, 2.05) is 6.07 Å². The maximum absolute atomic E-state index is 14.0. The number of carbonyl (C=O) groups is 1. The zero-order chi connectivity index (χ0) is 23.3. The molecule has 170 valence electrons. The van der Waals surface area contributed by atoms with Gasteiger partial charge in [-0.05, 0) is 17.7 Å². The number of ether oxygens (including phenoxy) is 1. The number of piperazine rings is 1. The van der Waals surface area contributed by atoms with Crippen LogP contribution in [0.2, 0.25) is 5.02 Å². The van der Waals surface area contributed by atoms with Gasteiger partial charge in [0.1, 0.15) is 18.2 Å². The van der Waals surface area contributed by atoms with Crippen LogP contribution in [0.4, 0.5) is 19.0 Å². The molecule has 32 heavy (non-hydrogen) atoms. The summed E-state index contributed by atoms with van der Waals surface area (Å²) >= 11 is 6.02. The van der Waals surface area contributed by atoms with Crippen molar-refractivity contribution in [3.05, 3.63) is 51.9 Å². The number of nitrogens with zero attached hydrogens (tertiary/aromatic N) is 5. The highest BCUT2D eigenvalue weighted by molar-refractivity contribution is 6.30. The van der Waals surface area contributed by atoms with Gasteiger partial charge in [-0.25, -0.2) is 9.97 Å². The predicted octanol–water partition coefficient (Wildman–Crippen LogP) is 3.10. The molecular formula is C21H21ClF3N5O2. The highest BCUT2D eigenvalue weighted by Crippen LogP contribution is 2.36. The van der Waals surface area contributed by atoms with E-state index in [9.17, 15) is 18.0 Å². The van der Waals surface area contributed by atoms with Crippen molar-refractivity contribution in [1.29, 1.82) is 5.26 Å². The number of aromatic nitrogens is 2. The van der Waals surface area contributed by atoms with Gasteiger partial charge in [-0.3, -0.25) is 4.79 Å². The summed E-state index contributed by atoms with van der Waals surface area (Å²) in [7, 11) is 1.42. The molecule has 0 N–H and O–H groups in total. The molecule has 1 aliphatic heterocycles. The maximum atomic E-state index is 14.0. The lowest BCUT2D eigenvalue weighted by Crippen LogP contribution is -2.50. The molecule has 7 nitrogen and oxygen atoms in total. The quantitative estimate of drug-likeness (QED) is 0.649. The Morgan fingerprint density at radius 3 is 2.56 bits per heavy atom. The number of methoxy groups -OCH3 is 1. The molecule has 0 spiro atoms. The zero-order valence-corrected chi connectivity index (χ0v) is 18.1. The minimum absolute atomic E-state index is 0.0575. The first-order valence-corrected chi connectivity index (χ1v) is 10.2. The summed E-state index contributed by atoms with van der Waals surface area (Å²) in [5, 5.41) is 9.41. The standard InChI is InChI=1S/C21H21ClF3N5O2/c1-32-13-18(31)29-7-9-30(10-8-29)20-16(12-14-3-2-4-15(22)11-14)19(21(23,24)25)27-17(28-20)5-6-26/h2-4,11H,5,7-10,12-13H2,1H3. The van der Waals surface area contributed by atoms with Crippen LogP contribution < -0.4 is 4.90 Å². The van der Waals surface area contributed by atoms with Crippen molar-refractivity contribution in [1.82, 2.24) is 14.9 Å². The second-order valence-corrected chi connectivity index (χ2v) is 7.67. The zero-order valence-electron chi connectivity index (χ0n) is 17.3. The lowest BCUT2D eigenvalue weighted by atomic mass is 10.0. The average molecular weight is 468 g/mol. The van der Waals surface area contributed by atoms with Gasteiger partial charge in [0.25, 0.3) is 0 Å². The molecule has 0 atom stereocenters. The number of nitriles is 1. The second-order valence-electron chi connectivity index (χ2n) is 7.23. The van der Waals surface area contributed by atoms with Gasteiger partial charge in [0, 0.05) is 50.3 Å². The van der Waals surface area contributed by atoms with Gasteiger partial charge in [-0.15, -0.1) is 0 Å². The van der Waals surface area contributed by atoms with Gasteiger partial charge in [0.15, 0.2) is 5.69 Å². The van der Waals surface area contributed by atoms with Crippen molar-refractivity contribution >= 4 is 23.3 Å². The third-order valence-corrected chi connectivity index (χ3v) is 5.24. The highest BCUT2D eigenvalue weighted by atomic mass is 35.5. The fourth-order valence-electron chi connectivity index (χ4n) is 3.56. The average Bonchev–Trinajstić information content (AvgIpc) is 2.74. The van der Waals surface area contributed by atoms with Crippen LogP contribution in [-0.2, 0) is 28.5 Å². The first-order valence-electron chi connectivity index (χ1n) is 9.83. The fraction of sp³-hybridized carbons (Fsp3) is 0.429. The molecule has 3 rings (SSSR count). The van der Waals surface area contributed by atoms with Crippen molar-refractivity contribution in [2.45, 2.75) is 19.0 Å². The van der Waals surface area contributed by atoms with Crippen LogP contribution in [0.3, 0.4) is 0 Å². The summed E-state index contributed by atoms with van der Waals surface area (Å²) in [6, 6.07) is 8.39. The molecule has 1 saturated heterocycles. The van der Waals surface area contributed by atoms with Crippen LogP contribution in [-0.4, -0.2) is 60.7 Å². The van der Waals surface area contributed by atoms with E-state index in [1.54, 1.807) is 34.1 Å². The molecule has 2 heterocycles. The van der Waals surface area contributed by atoms with Crippen LogP contribution in [0.15, 0.2) is 24.3 Å². The lowest BCUT2D eigenvalue weighted by Gasteiger charge is -2.36. The Kier molecular flexibility index (Phi) is 7.53. The van der Waals surface area contributed by atoms with Crippen LogP contribution >= 0.6 is 11.6 Å². The Morgan fingerprint density at radius 2 is 1.97 bits per heavy atom. The van der Waals surface area contributed by atoms with E-state index in [0.29, 0.717) is 23.7 Å². The van der Waals surface area contributed by atoms with Crippen molar-refractivity contribution in [3.63, 3.8) is 0 Å². The van der Waals surface area contributed by atoms with Gasteiger partial charge < -0.3 is 14.5 Å². The number of carbonyl (C=O) groups excluding carboxylic acids is 1. The Bertz CT molecular complexity index is 1020. The van der Waals surface area contributed by atoms with E-state index >= 15 is 0 Å². The Balaban J connectivity index is 2.02. The Hall–Kier alpha value is -2.90. The van der Waals surface area contributed by atoms with E-state index in [1.165, 1.54) is 7.11 Å². The largest absolute Gasteiger partial charge is 0.433 e. The molecule has 2 aromatic rings. The van der Waals surface area contributed by atoms with E-state index in [0.717, 1.165) is 0 Å². The highest BCUT2D eigenvalue weighted by Gasteiger charge is 2.39. The van der Waals surface area contributed by atoms with Gasteiger partial charge >= 0.3 is 6.18 Å². The summed E-state index contributed by atoms with van der Waals surface area (Å²) in [5.41, 5.74) is -0.571. The topological polar surface area (TPSA) is 82.4 Å². The lowest BCUT2D eigenvalue weighted by molar-refractivity contribution is -0.142.